The van der Waals surface area contributed by atoms with Crippen LogP contribution < -0.4 is 0 Å². The van der Waals surface area contributed by atoms with Gasteiger partial charge in [-0.2, -0.15) is 5.10 Å². The molecule has 0 aromatic carbocycles. The van der Waals surface area contributed by atoms with E-state index in [1.165, 1.54) is 0 Å². The molecule has 1 fully saturated rings. The molecule has 2 aromatic heterocycles. The van der Waals surface area contributed by atoms with Gasteiger partial charge in [0.15, 0.2) is 0 Å². The van der Waals surface area contributed by atoms with Crippen LogP contribution in [0.15, 0.2) is 18.6 Å². The van der Waals surface area contributed by atoms with Crippen LogP contribution in [0.5, 0.6) is 0 Å². The van der Waals surface area contributed by atoms with Gasteiger partial charge in [-0.25, -0.2) is 4.68 Å². The molecule has 0 spiro atoms. The van der Waals surface area contributed by atoms with Crippen LogP contribution >= 0.6 is 0 Å². The lowest BCUT2D eigenvalue weighted by atomic mass is 10.00. The number of nitrogens with zero attached hydrogens (tertiary/aromatic N) is 6. The Bertz CT molecular complexity index is 750. The maximum absolute atomic E-state index is 12.7. The number of rotatable bonds is 5. The van der Waals surface area contributed by atoms with Crippen LogP contribution in [0.25, 0.3) is 0 Å². The SMILES string of the molecule is CC(C)Cn1cc(C(=O)N2CC[C@](O)(c3cn(C(C)C)nn3)C2)cn1. The molecule has 1 amide bonds. The zero-order valence-electron chi connectivity index (χ0n) is 15.3. The Morgan fingerprint density at radius 2 is 2.08 bits per heavy atom. The molecule has 3 heterocycles. The minimum Gasteiger partial charge on any atom is -0.381 e. The van der Waals surface area contributed by atoms with Gasteiger partial charge in [0.05, 0.1) is 24.5 Å². The van der Waals surface area contributed by atoms with Gasteiger partial charge in [-0.3, -0.25) is 9.48 Å². The minimum atomic E-state index is -1.14. The van der Waals surface area contributed by atoms with E-state index in [1.54, 1.807) is 32.9 Å². The summed E-state index contributed by atoms with van der Waals surface area (Å²) in [7, 11) is 0. The van der Waals surface area contributed by atoms with Crippen LogP contribution in [0.1, 0.15) is 56.2 Å². The van der Waals surface area contributed by atoms with E-state index < -0.39 is 5.60 Å². The van der Waals surface area contributed by atoms with Crippen LogP contribution in [0.3, 0.4) is 0 Å². The van der Waals surface area contributed by atoms with E-state index in [-0.39, 0.29) is 18.5 Å². The molecule has 0 saturated carbocycles. The molecule has 1 aliphatic rings. The van der Waals surface area contributed by atoms with Crippen molar-refractivity contribution in [2.75, 3.05) is 13.1 Å². The molecule has 2 aromatic rings. The highest BCUT2D eigenvalue weighted by atomic mass is 16.3. The molecule has 0 radical (unpaired) electrons. The lowest BCUT2D eigenvalue weighted by molar-refractivity contribution is 0.0381. The first-order valence-corrected chi connectivity index (χ1v) is 8.75. The third-order valence-electron chi connectivity index (χ3n) is 4.48. The van der Waals surface area contributed by atoms with Crippen LogP contribution in [0.2, 0.25) is 0 Å². The standard InChI is InChI=1S/C17H26N6O2/c1-12(2)8-22-9-14(7-18-22)16(24)21-6-5-17(25,11-21)15-10-23(13(3)4)20-19-15/h7,9-10,12-13,25H,5-6,8,11H2,1-4H3/t17-/m1/s1. The molecule has 0 bridgehead atoms. The number of hydrogen-bond donors (Lipinski definition) is 1. The van der Waals surface area contributed by atoms with Gasteiger partial charge in [0.25, 0.3) is 5.91 Å². The third-order valence-corrected chi connectivity index (χ3v) is 4.48. The zero-order chi connectivity index (χ0) is 18.2. The number of likely N-dealkylation sites (tertiary alicyclic amines) is 1. The van der Waals surface area contributed by atoms with Crippen molar-refractivity contribution >= 4 is 5.91 Å². The first kappa shape index (κ1) is 17.6. The maximum atomic E-state index is 12.7. The van der Waals surface area contributed by atoms with Gasteiger partial charge in [0.2, 0.25) is 0 Å². The summed E-state index contributed by atoms with van der Waals surface area (Å²) < 4.78 is 3.50. The number of aromatic nitrogens is 5. The lowest BCUT2D eigenvalue weighted by Crippen LogP contribution is -2.34. The van der Waals surface area contributed by atoms with E-state index in [4.69, 9.17) is 0 Å². The summed E-state index contributed by atoms with van der Waals surface area (Å²) in [4.78, 5) is 14.4. The topological polar surface area (TPSA) is 89.1 Å². The molecule has 1 N–H and O–H groups in total. The van der Waals surface area contributed by atoms with Crippen molar-refractivity contribution in [1.82, 2.24) is 29.7 Å². The molecule has 8 nitrogen and oxygen atoms in total. The fourth-order valence-electron chi connectivity index (χ4n) is 3.05. The van der Waals surface area contributed by atoms with Crippen molar-refractivity contribution in [3.05, 3.63) is 29.8 Å². The second-order valence-electron chi connectivity index (χ2n) is 7.53. The Kier molecular flexibility index (Phi) is 4.64. The molecular weight excluding hydrogens is 320 g/mol. The Balaban J connectivity index is 1.70. The number of hydrogen-bond acceptors (Lipinski definition) is 5. The van der Waals surface area contributed by atoms with Gasteiger partial charge in [-0.15, -0.1) is 5.10 Å². The summed E-state index contributed by atoms with van der Waals surface area (Å²) in [5, 5.41) is 23.3. The van der Waals surface area contributed by atoms with Gasteiger partial charge in [0, 0.05) is 31.7 Å². The predicted molar refractivity (Wildman–Crippen MR) is 91.9 cm³/mol. The van der Waals surface area contributed by atoms with Crippen molar-refractivity contribution in [2.45, 2.75) is 52.3 Å². The smallest absolute Gasteiger partial charge is 0.257 e. The number of aliphatic hydroxyl groups is 1. The molecule has 1 atom stereocenters. The van der Waals surface area contributed by atoms with E-state index in [0.717, 1.165) is 6.54 Å². The first-order valence-electron chi connectivity index (χ1n) is 8.75. The summed E-state index contributed by atoms with van der Waals surface area (Å²) in [6, 6.07) is 0.177. The quantitative estimate of drug-likeness (QED) is 0.885. The molecular formula is C17H26N6O2. The average molecular weight is 346 g/mol. The molecule has 8 heteroatoms. The monoisotopic (exact) mass is 346 g/mol. The number of carbonyl (C=O) groups is 1. The van der Waals surface area contributed by atoms with Gasteiger partial charge in [-0.1, -0.05) is 19.1 Å². The Morgan fingerprint density at radius 3 is 2.72 bits per heavy atom. The summed E-state index contributed by atoms with van der Waals surface area (Å²) in [5.74, 6) is 0.352. The van der Waals surface area contributed by atoms with Crippen LogP contribution in [-0.4, -0.2) is 53.8 Å². The van der Waals surface area contributed by atoms with E-state index >= 15 is 0 Å². The Morgan fingerprint density at radius 1 is 1.32 bits per heavy atom. The minimum absolute atomic E-state index is 0.109. The van der Waals surface area contributed by atoms with Crippen molar-refractivity contribution in [2.24, 2.45) is 5.92 Å². The van der Waals surface area contributed by atoms with E-state index in [2.05, 4.69) is 29.3 Å². The fraction of sp³-hybridized carbons (Fsp3) is 0.647. The summed E-state index contributed by atoms with van der Waals surface area (Å²) in [6.07, 6.45) is 5.58. The Hall–Kier alpha value is -2.22. The van der Waals surface area contributed by atoms with Gasteiger partial charge in [-0.05, 0) is 19.8 Å². The van der Waals surface area contributed by atoms with Crippen LogP contribution in [-0.2, 0) is 12.1 Å². The van der Waals surface area contributed by atoms with Gasteiger partial charge >= 0.3 is 0 Å². The van der Waals surface area contributed by atoms with Gasteiger partial charge in [0.1, 0.15) is 11.3 Å². The fourth-order valence-corrected chi connectivity index (χ4v) is 3.05. The van der Waals surface area contributed by atoms with Gasteiger partial charge < -0.3 is 10.0 Å². The Labute approximate surface area is 147 Å². The molecule has 3 rings (SSSR count). The van der Waals surface area contributed by atoms with E-state index in [1.807, 2.05) is 13.8 Å². The zero-order valence-corrected chi connectivity index (χ0v) is 15.3. The molecule has 0 aliphatic carbocycles. The molecule has 25 heavy (non-hydrogen) atoms. The lowest BCUT2D eigenvalue weighted by Gasteiger charge is -2.20. The maximum Gasteiger partial charge on any atom is 0.257 e. The second kappa shape index (κ2) is 6.59. The van der Waals surface area contributed by atoms with Crippen molar-refractivity contribution in [3.63, 3.8) is 0 Å². The molecule has 1 saturated heterocycles. The predicted octanol–water partition coefficient (Wildman–Crippen LogP) is 1.45. The largest absolute Gasteiger partial charge is 0.381 e. The molecule has 1 aliphatic heterocycles. The number of β-amino-alcohol motifs (C(OH)–C–C–N with tert-alkyl or cyclic N) is 1. The van der Waals surface area contributed by atoms with E-state index in [9.17, 15) is 9.90 Å². The summed E-state index contributed by atoms with van der Waals surface area (Å²) >= 11 is 0. The summed E-state index contributed by atoms with van der Waals surface area (Å²) in [5.41, 5.74) is -0.0702. The highest BCUT2D eigenvalue weighted by Crippen LogP contribution is 2.31. The van der Waals surface area contributed by atoms with Crippen LogP contribution in [0.4, 0.5) is 0 Å². The van der Waals surface area contributed by atoms with Crippen molar-refractivity contribution in [1.29, 1.82) is 0 Å². The normalized spacial score (nSPS) is 20.8. The van der Waals surface area contributed by atoms with Crippen LogP contribution in [0, 0.1) is 5.92 Å². The van der Waals surface area contributed by atoms with E-state index in [0.29, 0.717) is 30.1 Å². The first-order chi connectivity index (χ1) is 11.8. The highest BCUT2D eigenvalue weighted by molar-refractivity contribution is 5.94. The molecule has 0 unspecified atom stereocenters. The van der Waals surface area contributed by atoms with Crippen molar-refractivity contribution in [3.8, 4) is 0 Å². The third kappa shape index (κ3) is 3.58. The molecule has 136 valence electrons. The second-order valence-corrected chi connectivity index (χ2v) is 7.53. The highest BCUT2D eigenvalue weighted by Gasteiger charge is 2.42. The van der Waals surface area contributed by atoms with Crippen molar-refractivity contribution < 1.29 is 9.90 Å². The number of amides is 1. The number of carbonyl (C=O) groups excluding carboxylic acids is 1. The summed E-state index contributed by atoms with van der Waals surface area (Å²) in [6.45, 7) is 9.69. The average Bonchev–Trinajstić information content (AvgIpc) is 3.24.